The van der Waals surface area contributed by atoms with E-state index in [1.165, 1.54) is 244 Å². The summed E-state index contributed by atoms with van der Waals surface area (Å²) in [6, 6.07) is 0. The molecule has 0 aromatic carbocycles. The van der Waals surface area contributed by atoms with E-state index in [-0.39, 0.29) is 101 Å². The van der Waals surface area contributed by atoms with Gasteiger partial charge < -0.3 is 39.4 Å². The summed E-state index contributed by atoms with van der Waals surface area (Å²) in [6.07, 6.45) is 73.5. The fraction of sp³-hybridized carbons (Fsp3) is 0.920. The van der Waals surface area contributed by atoms with Gasteiger partial charge in [0.25, 0.3) is 0 Å². The van der Waals surface area contributed by atoms with Gasteiger partial charge in [0, 0.05) is 77.3 Å². The summed E-state index contributed by atoms with van der Waals surface area (Å²) < 4.78 is 69.1. The van der Waals surface area contributed by atoms with Crippen LogP contribution in [0.1, 0.15) is 503 Å². The Bertz CT molecular complexity index is 2620. The SMILES string of the molecule is CCCCCCCCCCCCCCCC(=O)OCC(COP(=O)(O)OCCNC(=O)CCCC(=O)CC1CCC2(CC1)CC1(CCC(CC(=O)CCCC(=O)NCCOP(=O)(O)OCC(COC(=O)CCCCCCCCCCCCCCC)OC(=O)CCCCCCCCCCCCCCC)CC1)C2)OC(=O)CCCCCCCCCCCCCCC. The number of hydrogen-bond acceptors (Lipinski definition) is 18. The van der Waals surface area contributed by atoms with Crippen molar-refractivity contribution in [2.45, 2.75) is 515 Å². The molecule has 2 spiro atoms. The standard InChI is InChI=1S/C100H184N2O20P2/c1-5-9-13-17-21-25-29-33-37-41-45-49-53-63-95(107)115-81-91(121-97(109)65-55-51-47-43-39-35-31-27-23-19-15-11-7-3)83-119-123(111,112)117-77-75-101-93(105)61-57-59-89(103)79-87-67-71-99(72-68-87)85-100(86-99)73-69-88(70-74-100)80-90(104)60-58-62-94(106)102-76-78-118-124(113,114)120-84-92(122-98(110)66-56-52-48-44-40-36-32-28-24-20-16-12-8-4)82-116-96(108)64-54-50-46-42-38-34-30-26-22-18-14-10-6-2/h87-88,91-92H,5-86H2,1-4H3,(H,101,105)(H,102,106)(H,111,112)(H,113,114). The first-order chi connectivity index (χ1) is 60.1. The van der Waals surface area contributed by atoms with Gasteiger partial charge in [0.15, 0.2) is 12.2 Å². The summed E-state index contributed by atoms with van der Waals surface area (Å²) in [5.74, 6) is -1.50. The molecular weight excluding hydrogens is 1610 g/mol. The van der Waals surface area contributed by atoms with Crippen molar-refractivity contribution in [3.05, 3.63) is 0 Å². The molecule has 4 atom stereocenters. The molecule has 124 heavy (non-hydrogen) atoms. The number of rotatable bonds is 88. The van der Waals surface area contributed by atoms with Crippen LogP contribution in [0.15, 0.2) is 0 Å². The van der Waals surface area contributed by atoms with Crippen molar-refractivity contribution in [1.82, 2.24) is 10.6 Å². The van der Waals surface area contributed by atoms with Gasteiger partial charge in [-0.25, -0.2) is 9.13 Å². The van der Waals surface area contributed by atoms with Crippen molar-refractivity contribution in [2.75, 3.05) is 52.7 Å². The summed E-state index contributed by atoms with van der Waals surface area (Å²) >= 11 is 0. The number of amides is 2. The van der Waals surface area contributed by atoms with Crippen LogP contribution in [0.3, 0.4) is 0 Å². The first kappa shape index (κ1) is 115. The monoisotopic (exact) mass is 1800 g/mol. The first-order valence-electron chi connectivity index (χ1n) is 51.6. The van der Waals surface area contributed by atoms with Crippen LogP contribution >= 0.6 is 15.6 Å². The summed E-state index contributed by atoms with van der Waals surface area (Å²) in [5, 5.41) is 5.38. The third-order valence-corrected chi connectivity index (χ3v) is 28.2. The summed E-state index contributed by atoms with van der Waals surface area (Å²) in [5.41, 5.74) is 0.664. The van der Waals surface area contributed by atoms with Gasteiger partial charge in [-0.3, -0.25) is 56.5 Å². The van der Waals surface area contributed by atoms with Gasteiger partial charge in [-0.05, 0) is 125 Å². The second-order valence-corrected chi connectivity index (χ2v) is 40.8. The first-order valence-corrected chi connectivity index (χ1v) is 54.6. The molecular formula is C100H184N2O20P2. The van der Waals surface area contributed by atoms with Crippen molar-refractivity contribution < 1.29 is 94.3 Å². The Morgan fingerprint density at radius 2 is 0.532 bits per heavy atom. The van der Waals surface area contributed by atoms with Crippen molar-refractivity contribution in [2.24, 2.45) is 22.7 Å². The number of phosphoric acid groups is 2. The second kappa shape index (κ2) is 76.0. The average Bonchev–Trinajstić information content (AvgIpc) is 0.731. The Morgan fingerprint density at radius 3 is 0.782 bits per heavy atom. The summed E-state index contributed by atoms with van der Waals surface area (Å²) in [7, 11) is -9.33. The molecule has 4 N–H and O–H groups in total. The lowest BCUT2D eigenvalue weighted by Gasteiger charge is -2.61. The number of esters is 4. The van der Waals surface area contributed by atoms with Crippen molar-refractivity contribution in [3.63, 3.8) is 0 Å². The number of Topliss-reactive ketones (excluding diaryl/α,β-unsaturated/α-hetero) is 2. The molecule has 3 fully saturated rings. The Labute approximate surface area is 754 Å². The average molecular weight is 1800 g/mol. The molecule has 3 aliphatic rings. The molecule has 0 aromatic heterocycles. The topological polar surface area (TPSA) is 309 Å². The molecule has 4 unspecified atom stereocenters. The van der Waals surface area contributed by atoms with Crippen LogP contribution in [0, 0.1) is 22.7 Å². The molecule has 0 radical (unpaired) electrons. The van der Waals surface area contributed by atoms with E-state index in [1.54, 1.807) is 0 Å². The van der Waals surface area contributed by atoms with Crippen LogP contribution in [-0.4, -0.2) is 122 Å². The number of nitrogens with one attached hydrogen (secondary N) is 2. The molecule has 2 amide bonds. The van der Waals surface area contributed by atoms with Gasteiger partial charge in [0.1, 0.15) is 24.8 Å². The maximum atomic E-state index is 13.2. The zero-order chi connectivity index (χ0) is 90.0. The fourth-order valence-corrected chi connectivity index (χ4v) is 20.2. The van der Waals surface area contributed by atoms with Crippen molar-refractivity contribution in [1.29, 1.82) is 0 Å². The lowest BCUT2D eigenvalue weighted by molar-refractivity contribution is -0.161. The highest BCUT2D eigenvalue weighted by Crippen LogP contribution is 2.67. The van der Waals surface area contributed by atoms with Crippen molar-refractivity contribution >= 4 is 62.9 Å². The third-order valence-electron chi connectivity index (χ3n) is 26.2. The van der Waals surface area contributed by atoms with Gasteiger partial charge in [0.2, 0.25) is 11.8 Å². The quantitative estimate of drug-likeness (QED) is 0.0190. The summed E-state index contributed by atoms with van der Waals surface area (Å²) in [6.45, 7) is 6.45. The molecule has 0 bridgehead atoms. The summed E-state index contributed by atoms with van der Waals surface area (Å²) in [4.78, 5) is 125. The van der Waals surface area contributed by atoms with Gasteiger partial charge in [-0.1, -0.05) is 336 Å². The Kier molecular flexibility index (Phi) is 70.2. The van der Waals surface area contributed by atoms with E-state index >= 15 is 0 Å². The van der Waals surface area contributed by atoms with Crippen LogP contribution < -0.4 is 10.6 Å². The number of phosphoric ester groups is 2. The number of ether oxygens (including phenoxy) is 4. The van der Waals surface area contributed by atoms with E-state index in [1.807, 2.05) is 0 Å². The van der Waals surface area contributed by atoms with Crippen LogP contribution in [0.2, 0.25) is 0 Å². The maximum Gasteiger partial charge on any atom is 0.472 e. The van der Waals surface area contributed by atoms with E-state index in [0.717, 1.165) is 128 Å². The minimum atomic E-state index is -4.66. The van der Waals surface area contributed by atoms with E-state index in [2.05, 4.69) is 38.3 Å². The van der Waals surface area contributed by atoms with Crippen LogP contribution in [0.25, 0.3) is 0 Å². The minimum Gasteiger partial charge on any atom is -0.462 e. The predicted molar refractivity (Wildman–Crippen MR) is 497 cm³/mol. The molecule has 0 saturated heterocycles. The molecule has 22 nitrogen and oxygen atoms in total. The van der Waals surface area contributed by atoms with E-state index in [0.29, 0.717) is 86.9 Å². The van der Waals surface area contributed by atoms with Gasteiger partial charge in [0.05, 0.1) is 26.4 Å². The number of unbranched alkanes of at least 4 members (excludes halogenated alkanes) is 48. The van der Waals surface area contributed by atoms with E-state index in [4.69, 9.17) is 37.0 Å². The molecule has 3 rings (SSSR count). The lowest BCUT2D eigenvalue weighted by atomic mass is 9.44. The van der Waals surface area contributed by atoms with Crippen molar-refractivity contribution in [3.8, 4) is 0 Å². The highest BCUT2D eigenvalue weighted by Gasteiger charge is 2.55. The molecule has 3 saturated carbocycles. The van der Waals surface area contributed by atoms with Gasteiger partial charge >= 0.3 is 39.5 Å². The molecule has 0 heterocycles. The molecule has 3 aliphatic carbocycles. The normalized spacial score (nSPS) is 18.4. The second-order valence-electron chi connectivity index (χ2n) is 37.9. The highest BCUT2D eigenvalue weighted by atomic mass is 31.2. The molecule has 0 aromatic rings. The number of ketones is 2. The molecule has 724 valence electrons. The Balaban J connectivity index is 1.27. The van der Waals surface area contributed by atoms with Crippen LogP contribution in [-0.2, 0) is 84.5 Å². The Morgan fingerprint density at radius 1 is 0.298 bits per heavy atom. The third kappa shape index (κ3) is 65.0. The zero-order valence-corrected chi connectivity index (χ0v) is 81.2. The lowest BCUT2D eigenvalue weighted by Crippen LogP contribution is -2.50. The minimum absolute atomic E-state index is 0.0687. The smallest absolute Gasteiger partial charge is 0.462 e. The number of carbonyl (C=O) groups is 8. The number of hydrogen-bond donors (Lipinski definition) is 4. The van der Waals surface area contributed by atoms with Crippen LogP contribution in [0.5, 0.6) is 0 Å². The maximum absolute atomic E-state index is 13.2. The van der Waals surface area contributed by atoms with E-state index in [9.17, 15) is 57.3 Å². The van der Waals surface area contributed by atoms with E-state index < -0.39 is 64.9 Å². The van der Waals surface area contributed by atoms with Crippen LogP contribution in [0.4, 0.5) is 0 Å². The fourth-order valence-electron chi connectivity index (χ4n) is 18.7. The Hall–Kier alpha value is -3.62. The zero-order valence-electron chi connectivity index (χ0n) is 79.4. The largest absolute Gasteiger partial charge is 0.472 e. The molecule has 24 heteroatoms. The molecule has 0 aliphatic heterocycles. The van der Waals surface area contributed by atoms with Gasteiger partial charge in [-0.2, -0.15) is 0 Å². The number of carbonyl (C=O) groups excluding carboxylic acids is 8. The van der Waals surface area contributed by atoms with Gasteiger partial charge in [-0.15, -0.1) is 0 Å². The predicted octanol–water partition coefficient (Wildman–Crippen LogP) is 26.7. The highest BCUT2D eigenvalue weighted by molar-refractivity contribution is 7.47.